The average molecular weight is 296 g/mol. The van der Waals surface area contributed by atoms with Crippen LogP contribution in [-0.2, 0) is 0 Å². The molecule has 0 saturated carbocycles. The van der Waals surface area contributed by atoms with E-state index in [1.165, 1.54) is 5.56 Å². The van der Waals surface area contributed by atoms with Crippen LogP contribution in [0.4, 0.5) is 0 Å². The van der Waals surface area contributed by atoms with Crippen molar-refractivity contribution < 1.29 is 5.11 Å². The summed E-state index contributed by atoms with van der Waals surface area (Å²) in [7, 11) is 0. The summed E-state index contributed by atoms with van der Waals surface area (Å²) < 4.78 is 2.91. The molecule has 5 heteroatoms. The van der Waals surface area contributed by atoms with E-state index in [2.05, 4.69) is 20.9 Å². The van der Waals surface area contributed by atoms with Crippen LogP contribution in [0.5, 0.6) is 0 Å². The van der Waals surface area contributed by atoms with Crippen molar-refractivity contribution in [2.24, 2.45) is 5.73 Å². The maximum Gasteiger partial charge on any atom is 0.0994 e. The van der Waals surface area contributed by atoms with Crippen molar-refractivity contribution in [3.63, 3.8) is 0 Å². The number of rotatable bonds is 3. The summed E-state index contributed by atoms with van der Waals surface area (Å²) in [5.74, 6) is 0. The summed E-state index contributed by atoms with van der Waals surface area (Å²) in [4.78, 5) is 4.08. The molecule has 0 bridgehead atoms. The van der Waals surface area contributed by atoms with Gasteiger partial charge in [0.2, 0.25) is 0 Å². The number of aryl methyl sites for hydroxylation is 1. The maximum atomic E-state index is 9.10. The normalized spacial score (nSPS) is 12.7. The van der Waals surface area contributed by atoms with Gasteiger partial charge in [-0.25, -0.2) is 4.98 Å². The number of imidazole rings is 1. The lowest BCUT2D eigenvalue weighted by Gasteiger charge is -2.13. The van der Waals surface area contributed by atoms with Crippen molar-refractivity contribution in [3.8, 4) is 5.69 Å². The number of hydrogen-bond acceptors (Lipinski definition) is 3. The molecule has 4 nitrogen and oxygen atoms in total. The van der Waals surface area contributed by atoms with Gasteiger partial charge in [-0.2, -0.15) is 0 Å². The first-order valence-corrected chi connectivity index (χ1v) is 6.08. The highest BCUT2D eigenvalue weighted by Gasteiger charge is 2.12. The number of aliphatic hydroxyl groups excluding tert-OH is 1. The second-order valence-electron chi connectivity index (χ2n) is 3.91. The summed E-state index contributed by atoms with van der Waals surface area (Å²) in [5.41, 5.74) is 8.76. The molecule has 0 amide bonds. The van der Waals surface area contributed by atoms with Crippen molar-refractivity contribution in [1.29, 1.82) is 0 Å². The third-order valence-corrected chi connectivity index (χ3v) is 3.53. The Hall–Kier alpha value is -1.17. The van der Waals surface area contributed by atoms with Gasteiger partial charge in [0.05, 0.1) is 30.9 Å². The van der Waals surface area contributed by atoms with Gasteiger partial charge >= 0.3 is 0 Å². The Balaban J connectivity index is 2.46. The minimum absolute atomic E-state index is 0.0985. The molecule has 3 N–H and O–H groups in total. The number of nitrogens with two attached hydrogens (primary N) is 1. The fourth-order valence-corrected chi connectivity index (χ4v) is 1.99. The first kappa shape index (κ1) is 12.3. The Kier molecular flexibility index (Phi) is 3.61. The fraction of sp³-hybridized carbons (Fsp3) is 0.250. The smallest absolute Gasteiger partial charge is 0.0994 e. The van der Waals surface area contributed by atoms with Gasteiger partial charge in [0.25, 0.3) is 0 Å². The van der Waals surface area contributed by atoms with E-state index >= 15 is 0 Å². The molecule has 1 heterocycles. The second kappa shape index (κ2) is 5.00. The van der Waals surface area contributed by atoms with Crippen LogP contribution in [-0.4, -0.2) is 21.3 Å². The van der Waals surface area contributed by atoms with Crippen molar-refractivity contribution in [3.05, 3.63) is 46.5 Å². The molecular weight excluding hydrogens is 282 g/mol. The van der Waals surface area contributed by atoms with Gasteiger partial charge in [0, 0.05) is 10.2 Å². The van der Waals surface area contributed by atoms with Crippen LogP contribution < -0.4 is 5.73 Å². The molecule has 17 heavy (non-hydrogen) atoms. The van der Waals surface area contributed by atoms with Crippen LogP contribution in [0.1, 0.15) is 17.3 Å². The van der Waals surface area contributed by atoms with Crippen LogP contribution in [0.25, 0.3) is 5.69 Å². The average Bonchev–Trinajstić information content (AvgIpc) is 2.80. The van der Waals surface area contributed by atoms with Crippen LogP contribution >= 0.6 is 15.9 Å². The van der Waals surface area contributed by atoms with Crippen molar-refractivity contribution in [1.82, 2.24) is 9.55 Å². The molecule has 0 aliphatic heterocycles. The molecule has 2 aromatic rings. The second-order valence-corrected chi connectivity index (χ2v) is 4.77. The third-order valence-electron chi connectivity index (χ3n) is 2.68. The maximum absolute atomic E-state index is 9.10. The number of aromatic nitrogens is 2. The minimum Gasteiger partial charge on any atom is -0.394 e. The van der Waals surface area contributed by atoms with E-state index in [-0.39, 0.29) is 6.61 Å². The van der Waals surface area contributed by atoms with Gasteiger partial charge in [-0.15, -0.1) is 0 Å². The van der Waals surface area contributed by atoms with Crippen molar-refractivity contribution in [2.45, 2.75) is 13.0 Å². The Labute approximate surface area is 108 Å². The molecule has 0 radical (unpaired) electrons. The van der Waals surface area contributed by atoms with Gasteiger partial charge in [-0.3, -0.25) is 0 Å². The van der Waals surface area contributed by atoms with E-state index in [0.717, 1.165) is 15.9 Å². The summed E-state index contributed by atoms with van der Waals surface area (Å²) in [5, 5.41) is 9.10. The van der Waals surface area contributed by atoms with Crippen LogP contribution in [0.15, 0.2) is 35.2 Å². The van der Waals surface area contributed by atoms with Gasteiger partial charge in [0.1, 0.15) is 0 Å². The lowest BCUT2D eigenvalue weighted by molar-refractivity contribution is 0.265. The first-order valence-electron chi connectivity index (χ1n) is 5.28. The monoisotopic (exact) mass is 295 g/mol. The number of halogens is 1. The summed E-state index contributed by atoms with van der Waals surface area (Å²) >= 11 is 3.50. The Morgan fingerprint density at radius 1 is 1.53 bits per heavy atom. The molecular formula is C12H14BrN3O. The Bertz CT molecular complexity index is 524. The first-order chi connectivity index (χ1) is 8.13. The highest BCUT2D eigenvalue weighted by atomic mass is 79.9. The van der Waals surface area contributed by atoms with E-state index in [0.29, 0.717) is 0 Å². The van der Waals surface area contributed by atoms with E-state index in [1.807, 2.05) is 29.7 Å². The van der Waals surface area contributed by atoms with Crippen molar-refractivity contribution in [2.75, 3.05) is 6.61 Å². The van der Waals surface area contributed by atoms with Gasteiger partial charge in [0.15, 0.2) is 0 Å². The fourth-order valence-electron chi connectivity index (χ4n) is 1.62. The molecule has 0 saturated heterocycles. The molecule has 90 valence electrons. The SMILES string of the molecule is Cc1ccc(-n2cncc2C(N)CO)cc1Br. The summed E-state index contributed by atoms with van der Waals surface area (Å²) in [6.07, 6.45) is 3.37. The summed E-state index contributed by atoms with van der Waals surface area (Å²) in [6, 6.07) is 5.60. The number of benzene rings is 1. The molecule has 0 fully saturated rings. The molecule has 0 spiro atoms. The minimum atomic E-state index is -0.419. The number of hydrogen-bond donors (Lipinski definition) is 2. The standard InChI is InChI=1S/C12H14BrN3O/c1-8-2-3-9(4-10(8)13)16-7-15-5-12(16)11(14)6-17/h2-5,7,11,17H,6,14H2,1H3. The van der Waals surface area contributed by atoms with Gasteiger partial charge < -0.3 is 15.4 Å². The topological polar surface area (TPSA) is 64.1 Å². The zero-order valence-electron chi connectivity index (χ0n) is 9.47. The van der Waals surface area contributed by atoms with Crippen molar-refractivity contribution >= 4 is 15.9 Å². The van der Waals surface area contributed by atoms with E-state index in [1.54, 1.807) is 12.5 Å². The summed E-state index contributed by atoms with van der Waals surface area (Å²) in [6.45, 7) is 1.93. The van der Waals surface area contributed by atoms with Crippen LogP contribution in [0.3, 0.4) is 0 Å². The Morgan fingerprint density at radius 2 is 2.29 bits per heavy atom. The molecule has 1 unspecified atom stereocenters. The quantitative estimate of drug-likeness (QED) is 0.909. The zero-order valence-corrected chi connectivity index (χ0v) is 11.1. The lowest BCUT2D eigenvalue weighted by Crippen LogP contribution is -2.18. The van der Waals surface area contributed by atoms with Gasteiger partial charge in [-0.05, 0) is 24.6 Å². The predicted molar refractivity (Wildman–Crippen MR) is 70.0 cm³/mol. The highest BCUT2D eigenvalue weighted by molar-refractivity contribution is 9.10. The van der Waals surface area contributed by atoms with Crippen LogP contribution in [0.2, 0.25) is 0 Å². The number of nitrogens with zero attached hydrogens (tertiary/aromatic N) is 2. The Morgan fingerprint density at radius 3 is 2.94 bits per heavy atom. The molecule has 1 aromatic heterocycles. The number of aliphatic hydroxyl groups is 1. The molecule has 1 aromatic carbocycles. The molecule has 0 aliphatic rings. The zero-order chi connectivity index (χ0) is 12.4. The lowest BCUT2D eigenvalue weighted by atomic mass is 10.2. The van der Waals surface area contributed by atoms with E-state index in [4.69, 9.17) is 10.8 Å². The van der Waals surface area contributed by atoms with Gasteiger partial charge in [-0.1, -0.05) is 22.0 Å². The molecule has 2 rings (SSSR count). The van der Waals surface area contributed by atoms with E-state index < -0.39 is 6.04 Å². The van der Waals surface area contributed by atoms with Crippen LogP contribution in [0, 0.1) is 6.92 Å². The largest absolute Gasteiger partial charge is 0.394 e. The molecule has 1 atom stereocenters. The molecule has 0 aliphatic carbocycles. The highest BCUT2D eigenvalue weighted by Crippen LogP contribution is 2.22. The van der Waals surface area contributed by atoms with E-state index in [9.17, 15) is 0 Å². The predicted octanol–water partition coefficient (Wildman–Crippen LogP) is 1.94. The third kappa shape index (κ3) is 2.41.